The van der Waals surface area contributed by atoms with Crippen molar-refractivity contribution in [3.63, 3.8) is 0 Å². The second-order valence-electron chi connectivity index (χ2n) is 11.7. The van der Waals surface area contributed by atoms with Crippen LogP contribution < -0.4 is 27.0 Å². The molecule has 3 atom stereocenters. The number of esters is 1. The number of benzene rings is 3. The number of rotatable bonds is 14. The minimum Gasteiger partial charge on any atom is -0.467 e. The summed E-state index contributed by atoms with van der Waals surface area (Å²) in [5, 5.41) is 20.6. The zero-order valence-corrected chi connectivity index (χ0v) is 27.0. The van der Waals surface area contributed by atoms with E-state index in [-0.39, 0.29) is 37.0 Å². The first-order chi connectivity index (χ1) is 23.0. The number of amides is 5. The Morgan fingerprint density at radius 3 is 2.02 bits per heavy atom. The molecule has 3 aromatic carbocycles. The zero-order chi connectivity index (χ0) is 34.8. The number of carbonyl (C=O) groups excluding carboxylic acids is 5. The number of urea groups is 1. The van der Waals surface area contributed by atoms with Gasteiger partial charge in [0.05, 0.1) is 7.11 Å². The number of aliphatic hydroxyl groups is 1. The Kier molecular flexibility index (Phi) is 12.1. The molecule has 3 aromatic rings. The summed E-state index contributed by atoms with van der Waals surface area (Å²) in [6.07, 6.45) is -1.82. The second kappa shape index (κ2) is 16.4. The van der Waals surface area contributed by atoms with Crippen LogP contribution in [-0.2, 0) is 23.9 Å². The number of methoxy groups -OCH3 is 1. The lowest BCUT2D eigenvalue weighted by Crippen LogP contribution is -2.54. The summed E-state index contributed by atoms with van der Waals surface area (Å²) in [6.45, 7) is 3.74. The van der Waals surface area contributed by atoms with E-state index in [1.54, 1.807) is 13.8 Å². The number of primary amides is 1. The second-order valence-corrected chi connectivity index (χ2v) is 11.7. The van der Waals surface area contributed by atoms with Crippen molar-refractivity contribution in [1.29, 1.82) is 0 Å². The third-order valence-corrected chi connectivity index (χ3v) is 8.09. The van der Waals surface area contributed by atoms with Crippen LogP contribution in [0.15, 0.2) is 72.8 Å². The number of carbonyl (C=O) groups is 5. The first-order valence-corrected chi connectivity index (χ1v) is 15.6. The van der Waals surface area contributed by atoms with Crippen LogP contribution in [0.4, 0.5) is 15.3 Å². The molecular weight excluding hydrogens is 618 g/mol. The maximum atomic E-state index is 13.5. The summed E-state index contributed by atoms with van der Waals surface area (Å²) in [7, 11) is 1.16. The maximum Gasteiger partial charge on any atom is 0.407 e. The molecule has 1 aliphatic rings. The van der Waals surface area contributed by atoms with Crippen LogP contribution in [0.5, 0.6) is 0 Å². The van der Waals surface area contributed by atoms with Crippen LogP contribution >= 0.6 is 0 Å². The average Bonchev–Trinajstić information content (AvgIpc) is 3.40. The fraction of sp³-hybridized carbons (Fsp3) is 0.343. The highest BCUT2D eigenvalue weighted by atomic mass is 16.5. The van der Waals surface area contributed by atoms with Gasteiger partial charge in [-0.3, -0.25) is 9.59 Å². The van der Waals surface area contributed by atoms with E-state index in [0.717, 1.165) is 29.4 Å². The summed E-state index contributed by atoms with van der Waals surface area (Å²) in [5.74, 6) is -2.51. The van der Waals surface area contributed by atoms with E-state index in [9.17, 15) is 29.1 Å². The third-order valence-electron chi connectivity index (χ3n) is 8.09. The highest BCUT2D eigenvalue weighted by Gasteiger charge is 2.32. The largest absolute Gasteiger partial charge is 0.467 e. The third kappa shape index (κ3) is 8.88. The fourth-order valence-corrected chi connectivity index (χ4v) is 5.58. The molecule has 0 fully saturated rings. The first kappa shape index (κ1) is 35.4. The van der Waals surface area contributed by atoms with Gasteiger partial charge in [0.1, 0.15) is 18.7 Å². The van der Waals surface area contributed by atoms with Crippen molar-refractivity contribution < 1.29 is 38.6 Å². The van der Waals surface area contributed by atoms with Crippen LogP contribution in [0.2, 0.25) is 0 Å². The Morgan fingerprint density at radius 1 is 0.854 bits per heavy atom. The van der Waals surface area contributed by atoms with E-state index in [1.807, 2.05) is 48.5 Å². The summed E-state index contributed by atoms with van der Waals surface area (Å²) in [4.78, 5) is 62.6. The van der Waals surface area contributed by atoms with Crippen LogP contribution in [0.25, 0.3) is 11.1 Å². The molecule has 0 aliphatic heterocycles. The van der Waals surface area contributed by atoms with Crippen LogP contribution in [0.3, 0.4) is 0 Å². The lowest BCUT2D eigenvalue weighted by Gasteiger charge is -2.25. The molecule has 0 spiro atoms. The van der Waals surface area contributed by atoms with E-state index >= 15 is 0 Å². The quantitative estimate of drug-likeness (QED) is 0.112. The van der Waals surface area contributed by atoms with E-state index in [0.29, 0.717) is 12.1 Å². The molecule has 13 nitrogen and oxygen atoms in total. The summed E-state index contributed by atoms with van der Waals surface area (Å²) in [6, 6.07) is 19.0. The Bertz CT molecular complexity index is 1580. The molecule has 3 unspecified atom stereocenters. The minimum atomic E-state index is -1.48. The predicted octanol–water partition coefficient (Wildman–Crippen LogP) is 3.33. The molecule has 0 aromatic heterocycles. The molecule has 254 valence electrons. The molecule has 48 heavy (non-hydrogen) atoms. The number of nitrogens with two attached hydrogens (primary N) is 1. The van der Waals surface area contributed by atoms with Gasteiger partial charge in [-0.15, -0.1) is 0 Å². The minimum absolute atomic E-state index is 0.0691. The lowest BCUT2D eigenvalue weighted by atomic mass is 9.98. The van der Waals surface area contributed by atoms with Crippen molar-refractivity contribution in [2.45, 2.75) is 50.8 Å². The van der Waals surface area contributed by atoms with Crippen molar-refractivity contribution >= 4 is 35.6 Å². The topological polar surface area (TPSA) is 198 Å². The predicted molar refractivity (Wildman–Crippen MR) is 178 cm³/mol. The lowest BCUT2D eigenvalue weighted by molar-refractivity contribution is -0.150. The van der Waals surface area contributed by atoms with Crippen molar-refractivity contribution in [3.05, 3.63) is 89.5 Å². The Balaban J connectivity index is 1.40. The zero-order valence-electron chi connectivity index (χ0n) is 27.0. The van der Waals surface area contributed by atoms with Gasteiger partial charge < -0.3 is 41.6 Å². The van der Waals surface area contributed by atoms with Crippen molar-refractivity contribution in [2.75, 3.05) is 25.6 Å². The van der Waals surface area contributed by atoms with Gasteiger partial charge in [-0.2, -0.15) is 0 Å². The SMILES string of the molecule is COC(=O)C(O)c1ccc(NC(=O)C(CCCNC(N)=O)NC(=O)C(NC(=O)OCC2c3ccccc3-c3ccccc32)C(C)C)cc1. The van der Waals surface area contributed by atoms with E-state index < -0.39 is 48.1 Å². The molecule has 13 heteroatoms. The molecule has 0 radical (unpaired) electrons. The number of nitrogens with one attached hydrogen (secondary N) is 4. The number of ether oxygens (including phenoxy) is 2. The van der Waals surface area contributed by atoms with E-state index in [1.165, 1.54) is 24.3 Å². The summed E-state index contributed by atoms with van der Waals surface area (Å²) in [5.41, 5.74) is 10.0. The van der Waals surface area contributed by atoms with Crippen LogP contribution in [-0.4, -0.2) is 67.4 Å². The van der Waals surface area contributed by atoms with Gasteiger partial charge in [-0.25, -0.2) is 14.4 Å². The number of fused-ring (bicyclic) bond motifs is 3. The average molecular weight is 660 g/mol. The molecule has 7 N–H and O–H groups in total. The monoisotopic (exact) mass is 659 g/mol. The highest BCUT2D eigenvalue weighted by Crippen LogP contribution is 2.44. The van der Waals surface area contributed by atoms with Crippen LogP contribution in [0.1, 0.15) is 55.4 Å². The van der Waals surface area contributed by atoms with Crippen molar-refractivity contribution in [3.8, 4) is 11.1 Å². The summed E-state index contributed by atoms with van der Waals surface area (Å²) < 4.78 is 10.2. The normalized spacial score (nSPS) is 13.7. The van der Waals surface area contributed by atoms with Gasteiger partial charge in [-0.1, -0.05) is 74.5 Å². The molecule has 0 heterocycles. The number of alkyl carbamates (subject to hydrolysis) is 1. The molecular formula is C35H41N5O8. The molecule has 0 saturated heterocycles. The van der Waals surface area contributed by atoms with E-state index in [4.69, 9.17) is 10.5 Å². The molecule has 0 bridgehead atoms. The molecule has 4 rings (SSSR count). The van der Waals surface area contributed by atoms with Crippen LogP contribution in [0, 0.1) is 5.92 Å². The van der Waals surface area contributed by atoms with Gasteiger partial charge in [-0.05, 0) is 58.7 Å². The van der Waals surface area contributed by atoms with Gasteiger partial charge in [0, 0.05) is 18.2 Å². The van der Waals surface area contributed by atoms with Gasteiger partial charge >= 0.3 is 18.1 Å². The maximum absolute atomic E-state index is 13.5. The van der Waals surface area contributed by atoms with Gasteiger partial charge in [0.15, 0.2) is 6.10 Å². The van der Waals surface area contributed by atoms with Gasteiger partial charge in [0.2, 0.25) is 11.8 Å². The molecule has 0 saturated carbocycles. The molecule has 5 amide bonds. The fourth-order valence-electron chi connectivity index (χ4n) is 5.58. The smallest absolute Gasteiger partial charge is 0.407 e. The Morgan fingerprint density at radius 2 is 1.46 bits per heavy atom. The van der Waals surface area contributed by atoms with E-state index in [2.05, 4.69) is 26.0 Å². The van der Waals surface area contributed by atoms with Gasteiger partial charge in [0.25, 0.3) is 0 Å². The van der Waals surface area contributed by atoms with Crippen molar-refractivity contribution in [1.82, 2.24) is 16.0 Å². The highest BCUT2D eigenvalue weighted by molar-refractivity contribution is 5.98. The number of aliphatic hydroxyl groups excluding tert-OH is 1. The van der Waals surface area contributed by atoms with Crippen molar-refractivity contribution in [2.24, 2.45) is 11.7 Å². The number of hydrogen-bond donors (Lipinski definition) is 6. The standard InChI is InChI=1S/C35H41N5O8/c1-20(2)29(40-35(46)48-19-27-25-11-6-4-9-23(25)24-10-5-7-12-26(24)27)32(43)39-28(13-8-18-37-34(36)45)31(42)38-22-16-14-21(15-17-22)30(41)33(44)47-3/h4-7,9-12,14-17,20,27-30,41H,8,13,18-19H2,1-3H3,(H,38,42)(H,39,43)(H,40,46)(H3,36,37,45). The Labute approximate surface area is 278 Å². The Hall–Kier alpha value is -5.43. The number of hydrogen-bond acceptors (Lipinski definition) is 8. The summed E-state index contributed by atoms with van der Waals surface area (Å²) >= 11 is 0. The number of anilines is 1. The first-order valence-electron chi connectivity index (χ1n) is 15.6. The molecule has 1 aliphatic carbocycles.